The number of nitrogens with zero attached hydrogens (tertiary/aromatic N) is 2. The third kappa shape index (κ3) is 3.52. The number of aromatic hydroxyl groups is 1. The first-order valence-corrected chi connectivity index (χ1v) is 9.77. The lowest BCUT2D eigenvalue weighted by Gasteiger charge is -2.23. The number of para-hydroxylation sites is 1. The van der Waals surface area contributed by atoms with Crippen LogP contribution in [0, 0.1) is 0 Å². The molecular weight excluding hydrogens is 403 g/mol. The number of alkyl halides is 3. The van der Waals surface area contributed by atoms with Crippen molar-refractivity contribution in [2.24, 2.45) is 4.99 Å². The van der Waals surface area contributed by atoms with Crippen LogP contribution in [0.3, 0.4) is 0 Å². The van der Waals surface area contributed by atoms with Crippen molar-refractivity contribution in [2.45, 2.75) is 19.3 Å². The number of hydrogen-bond donors (Lipinski definition) is 2. The molecule has 1 aliphatic rings. The molecule has 3 aromatic carbocycles. The third-order valence-electron chi connectivity index (χ3n) is 5.54. The van der Waals surface area contributed by atoms with E-state index in [9.17, 15) is 18.3 Å². The molecule has 0 spiro atoms. The Morgan fingerprint density at radius 3 is 2.32 bits per heavy atom. The fraction of sp³-hybridized carbons (Fsp3) is 0.125. The van der Waals surface area contributed by atoms with Crippen LogP contribution in [0.1, 0.15) is 22.3 Å². The highest BCUT2D eigenvalue weighted by atomic mass is 19.4. The lowest BCUT2D eigenvalue weighted by molar-refractivity contribution is -0.137. The molecule has 0 fully saturated rings. The highest BCUT2D eigenvalue weighted by Gasteiger charge is 2.36. The summed E-state index contributed by atoms with van der Waals surface area (Å²) in [5.74, 6) is -0.0764. The van der Waals surface area contributed by atoms with Crippen molar-refractivity contribution >= 4 is 28.5 Å². The predicted molar refractivity (Wildman–Crippen MR) is 115 cm³/mol. The summed E-state index contributed by atoms with van der Waals surface area (Å²) in [4.78, 5) is 8.78. The molecule has 0 bridgehead atoms. The highest BCUT2D eigenvalue weighted by molar-refractivity contribution is 6.02. The SMILES string of the molecule is Oc1[nH]c2ccccc2c1C=Nc1ccc(N2Cc3ccccc3C2)c(C(F)(F)F)c1. The minimum absolute atomic E-state index is 0.0764. The predicted octanol–water partition coefficient (Wildman–Crippen LogP) is 6.16. The molecule has 31 heavy (non-hydrogen) atoms. The quantitative estimate of drug-likeness (QED) is 0.389. The first-order chi connectivity index (χ1) is 14.9. The minimum Gasteiger partial charge on any atom is -0.494 e. The van der Waals surface area contributed by atoms with E-state index in [-0.39, 0.29) is 17.3 Å². The number of nitrogens with one attached hydrogen (secondary N) is 1. The van der Waals surface area contributed by atoms with Crippen LogP contribution in [0.25, 0.3) is 10.9 Å². The van der Waals surface area contributed by atoms with Crippen LogP contribution in [0.15, 0.2) is 71.7 Å². The van der Waals surface area contributed by atoms with Gasteiger partial charge in [-0.1, -0.05) is 42.5 Å². The molecule has 0 atom stereocenters. The van der Waals surface area contributed by atoms with E-state index in [4.69, 9.17) is 0 Å². The molecule has 1 aliphatic heterocycles. The van der Waals surface area contributed by atoms with Crippen LogP contribution in [0.5, 0.6) is 5.88 Å². The Bertz CT molecular complexity index is 1280. The van der Waals surface area contributed by atoms with Gasteiger partial charge in [0, 0.05) is 35.9 Å². The van der Waals surface area contributed by atoms with Gasteiger partial charge in [0.15, 0.2) is 5.88 Å². The smallest absolute Gasteiger partial charge is 0.418 e. The van der Waals surface area contributed by atoms with Gasteiger partial charge in [-0.2, -0.15) is 13.2 Å². The second kappa shape index (κ2) is 7.19. The summed E-state index contributed by atoms with van der Waals surface area (Å²) in [6.07, 6.45) is -3.13. The number of H-pyrrole nitrogens is 1. The molecule has 2 N–H and O–H groups in total. The fourth-order valence-electron chi connectivity index (χ4n) is 4.03. The molecule has 4 aromatic rings. The largest absolute Gasteiger partial charge is 0.494 e. The van der Waals surface area contributed by atoms with E-state index in [1.54, 1.807) is 17.0 Å². The molecule has 0 radical (unpaired) electrons. The van der Waals surface area contributed by atoms with Gasteiger partial charge in [0.25, 0.3) is 0 Å². The van der Waals surface area contributed by atoms with Crippen molar-refractivity contribution in [3.8, 4) is 5.88 Å². The molecule has 0 saturated heterocycles. The lowest BCUT2D eigenvalue weighted by Crippen LogP contribution is -2.19. The first kappa shape index (κ1) is 19.2. The summed E-state index contributed by atoms with van der Waals surface area (Å²) < 4.78 is 41.6. The molecule has 2 heterocycles. The maximum Gasteiger partial charge on any atom is 0.418 e. The Labute approximate surface area is 176 Å². The van der Waals surface area contributed by atoms with E-state index in [2.05, 4.69) is 9.98 Å². The fourth-order valence-corrected chi connectivity index (χ4v) is 4.03. The van der Waals surface area contributed by atoms with Crippen LogP contribution < -0.4 is 4.90 Å². The molecule has 156 valence electrons. The van der Waals surface area contributed by atoms with Gasteiger partial charge in [0.1, 0.15) is 0 Å². The zero-order chi connectivity index (χ0) is 21.6. The third-order valence-corrected chi connectivity index (χ3v) is 5.54. The first-order valence-electron chi connectivity index (χ1n) is 9.77. The number of anilines is 1. The van der Waals surface area contributed by atoms with E-state index in [0.29, 0.717) is 18.7 Å². The van der Waals surface area contributed by atoms with Gasteiger partial charge in [0.2, 0.25) is 0 Å². The Kier molecular flexibility index (Phi) is 4.46. The van der Waals surface area contributed by atoms with Crippen molar-refractivity contribution in [2.75, 3.05) is 4.90 Å². The topological polar surface area (TPSA) is 51.6 Å². The number of aromatic nitrogens is 1. The molecule has 5 rings (SSSR count). The van der Waals surface area contributed by atoms with Crippen molar-refractivity contribution in [3.05, 3.63) is 89.0 Å². The number of aromatic amines is 1. The van der Waals surface area contributed by atoms with Gasteiger partial charge in [-0.3, -0.25) is 4.99 Å². The van der Waals surface area contributed by atoms with Crippen LogP contribution >= 0.6 is 0 Å². The maximum absolute atomic E-state index is 13.9. The molecule has 0 aliphatic carbocycles. The number of rotatable bonds is 3. The van der Waals surface area contributed by atoms with Gasteiger partial charge in [0.05, 0.1) is 16.8 Å². The Balaban J connectivity index is 1.50. The van der Waals surface area contributed by atoms with Crippen molar-refractivity contribution < 1.29 is 18.3 Å². The summed E-state index contributed by atoms with van der Waals surface area (Å²) in [5, 5.41) is 10.9. The Morgan fingerprint density at radius 1 is 0.935 bits per heavy atom. The minimum atomic E-state index is -4.52. The summed E-state index contributed by atoms with van der Waals surface area (Å²) in [6, 6.07) is 19.0. The zero-order valence-electron chi connectivity index (χ0n) is 16.3. The molecule has 0 amide bonds. The number of halogens is 3. The summed E-state index contributed by atoms with van der Waals surface area (Å²) in [5.41, 5.74) is 2.80. The summed E-state index contributed by atoms with van der Waals surface area (Å²) in [7, 11) is 0. The normalized spacial score (nSPS) is 14.0. The van der Waals surface area contributed by atoms with E-state index in [1.165, 1.54) is 12.3 Å². The van der Waals surface area contributed by atoms with E-state index >= 15 is 0 Å². The second-order valence-corrected chi connectivity index (χ2v) is 7.52. The summed E-state index contributed by atoms with van der Waals surface area (Å²) >= 11 is 0. The van der Waals surface area contributed by atoms with Crippen molar-refractivity contribution in [1.29, 1.82) is 0 Å². The zero-order valence-corrected chi connectivity index (χ0v) is 16.3. The van der Waals surface area contributed by atoms with E-state index < -0.39 is 11.7 Å². The van der Waals surface area contributed by atoms with Gasteiger partial charge in [-0.15, -0.1) is 0 Å². The van der Waals surface area contributed by atoms with Gasteiger partial charge >= 0.3 is 6.18 Å². The monoisotopic (exact) mass is 421 g/mol. The molecule has 0 unspecified atom stereocenters. The van der Waals surface area contributed by atoms with Crippen LogP contribution in [-0.4, -0.2) is 16.3 Å². The average Bonchev–Trinajstić information content (AvgIpc) is 3.31. The van der Waals surface area contributed by atoms with Gasteiger partial charge < -0.3 is 15.0 Å². The molecule has 7 heteroatoms. The molecule has 4 nitrogen and oxygen atoms in total. The number of hydrogen-bond acceptors (Lipinski definition) is 3. The molecular formula is C24H18F3N3O. The molecule has 1 aromatic heterocycles. The standard InChI is InChI=1S/C24H18F3N3O/c25-24(26,27)20-11-17(28-12-19-18-7-3-4-8-21(18)29-23(19)31)9-10-22(20)30-13-15-5-1-2-6-16(15)14-30/h1-12,29,31H,13-14H2. The Morgan fingerprint density at radius 2 is 1.61 bits per heavy atom. The van der Waals surface area contributed by atoms with Crippen LogP contribution in [0.2, 0.25) is 0 Å². The maximum atomic E-state index is 13.9. The van der Waals surface area contributed by atoms with Crippen molar-refractivity contribution in [3.63, 3.8) is 0 Å². The van der Waals surface area contributed by atoms with Gasteiger partial charge in [-0.25, -0.2) is 0 Å². The van der Waals surface area contributed by atoms with Crippen LogP contribution in [0.4, 0.5) is 24.5 Å². The van der Waals surface area contributed by atoms with Gasteiger partial charge in [-0.05, 0) is 35.4 Å². The molecule has 0 saturated carbocycles. The number of benzene rings is 3. The number of aliphatic imine (C=N–C) groups is 1. The van der Waals surface area contributed by atoms with Crippen LogP contribution in [-0.2, 0) is 19.3 Å². The van der Waals surface area contributed by atoms with Crippen molar-refractivity contribution in [1.82, 2.24) is 4.98 Å². The average molecular weight is 421 g/mol. The lowest BCUT2D eigenvalue weighted by atomic mass is 10.1. The second-order valence-electron chi connectivity index (χ2n) is 7.52. The number of fused-ring (bicyclic) bond motifs is 2. The van der Waals surface area contributed by atoms with E-state index in [1.807, 2.05) is 42.5 Å². The van der Waals surface area contributed by atoms with E-state index in [0.717, 1.165) is 28.1 Å². The highest BCUT2D eigenvalue weighted by Crippen LogP contribution is 2.41. The Hall–Kier alpha value is -3.74. The summed E-state index contributed by atoms with van der Waals surface area (Å²) in [6.45, 7) is 0.871.